The third kappa shape index (κ3) is 3.15. The van der Waals surface area contributed by atoms with Gasteiger partial charge in [-0.05, 0) is 56.1 Å². The second kappa shape index (κ2) is 6.59. The van der Waals surface area contributed by atoms with E-state index in [9.17, 15) is 0 Å². The van der Waals surface area contributed by atoms with E-state index in [1.807, 2.05) is 6.07 Å². The van der Waals surface area contributed by atoms with Crippen molar-refractivity contribution in [2.24, 2.45) is 5.92 Å². The standard InChI is InChI=1S/C17H26N2O/c1-20-16-7-5-6-14(10-16)17-12-18-11-15(17)13-19-8-3-2-4-9-19/h5-7,10,15,17-18H,2-4,8-9,11-13H2,1H3. The number of hydrogen-bond acceptors (Lipinski definition) is 3. The smallest absolute Gasteiger partial charge is 0.119 e. The molecule has 2 aliphatic heterocycles. The Morgan fingerprint density at radius 2 is 2.05 bits per heavy atom. The van der Waals surface area contributed by atoms with Crippen LogP contribution in [0.2, 0.25) is 0 Å². The van der Waals surface area contributed by atoms with Gasteiger partial charge < -0.3 is 15.0 Å². The minimum atomic E-state index is 0.632. The highest BCUT2D eigenvalue weighted by molar-refractivity contribution is 5.32. The molecule has 20 heavy (non-hydrogen) atoms. The number of piperidine rings is 1. The van der Waals surface area contributed by atoms with Crippen molar-refractivity contribution in [1.29, 1.82) is 0 Å². The highest BCUT2D eigenvalue weighted by Crippen LogP contribution is 2.31. The molecular weight excluding hydrogens is 248 g/mol. The minimum Gasteiger partial charge on any atom is -0.497 e. The van der Waals surface area contributed by atoms with E-state index in [1.165, 1.54) is 44.5 Å². The SMILES string of the molecule is COc1cccc(C2CNCC2CN2CCCCC2)c1. The van der Waals surface area contributed by atoms with Crippen LogP contribution >= 0.6 is 0 Å². The Morgan fingerprint density at radius 1 is 1.20 bits per heavy atom. The van der Waals surface area contributed by atoms with Crippen LogP contribution in [0.4, 0.5) is 0 Å². The molecule has 2 aliphatic rings. The van der Waals surface area contributed by atoms with Crippen LogP contribution in [0.15, 0.2) is 24.3 Å². The number of benzene rings is 1. The largest absolute Gasteiger partial charge is 0.497 e. The Morgan fingerprint density at radius 3 is 2.85 bits per heavy atom. The molecule has 0 bridgehead atoms. The molecule has 0 aromatic heterocycles. The van der Waals surface area contributed by atoms with Crippen LogP contribution < -0.4 is 10.1 Å². The molecule has 0 radical (unpaired) electrons. The van der Waals surface area contributed by atoms with Crippen molar-refractivity contribution < 1.29 is 4.74 Å². The molecule has 2 fully saturated rings. The maximum absolute atomic E-state index is 5.37. The number of ether oxygens (including phenoxy) is 1. The molecule has 0 saturated carbocycles. The zero-order valence-electron chi connectivity index (χ0n) is 12.5. The Hall–Kier alpha value is -1.06. The van der Waals surface area contributed by atoms with E-state index < -0.39 is 0 Å². The van der Waals surface area contributed by atoms with Crippen LogP contribution in [0.1, 0.15) is 30.7 Å². The van der Waals surface area contributed by atoms with Crippen molar-refractivity contribution in [3.8, 4) is 5.75 Å². The number of hydrogen-bond donors (Lipinski definition) is 1. The van der Waals surface area contributed by atoms with Crippen LogP contribution in [-0.2, 0) is 0 Å². The topological polar surface area (TPSA) is 24.5 Å². The molecule has 3 rings (SSSR count). The molecule has 2 unspecified atom stereocenters. The van der Waals surface area contributed by atoms with Gasteiger partial charge in [-0.3, -0.25) is 0 Å². The summed E-state index contributed by atoms with van der Waals surface area (Å²) in [5.74, 6) is 2.35. The van der Waals surface area contributed by atoms with Crippen LogP contribution in [0.5, 0.6) is 5.75 Å². The summed E-state index contributed by atoms with van der Waals surface area (Å²) in [6.45, 7) is 6.08. The second-order valence-electron chi connectivity index (χ2n) is 6.16. The number of nitrogens with one attached hydrogen (secondary N) is 1. The van der Waals surface area contributed by atoms with Crippen LogP contribution in [-0.4, -0.2) is 44.7 Å². The van der Waals surface area contributed by atoms with E-state index in [0.717, 1.165) is 24.8 Å². The molecule has 1 N–H and O–H groups in total. The van der Waals surface area contributed by atoms with E-state index in [-0.39, 0.29) is 0 Å². The molecule has 0 amide bonds. The first-order chi connectivity index (χ1) is 9.86. The molecule has 3 nitrogen and oxygen atoms in total. The van der Waals surface area contributed by atoms with Crippen molar-refractivity contribution in [1.82, 2.24) is 10.2 Å². The third-order valence-corrected chi connectivity index (χ3v) is 4.80. The first kappa shape index (κ1) is 13.9. The molecule has 1 aromatic carbocycles. The molecule has 2 atom stereocenters. The summed E-state index contributed by atoms with van der Waals surface area (Å²) in [4.78, 5) is 2.66. The Kier molecular flexibility index (Phi) is 4.58. The van der Waals surface area contributed by atoms with Gasteiger partial charge in [0.2, 0.25) is 0 Å². The van der Waals surface area contributed by atoms with Gasteiger partial charge in [0, 0.05) is 19.0 Å². The molecule has 3 heteroatoms. The molecular formula is C17H26N2O. The lowest BCUT2D eigenvalue weighted by Crippen LogP contribution is -2.36. The number of likely N-dealkylation sites (tertiary alicyclic amines) is 1. The van der Waals surface area contributed by atoms with Gasteiger partial charge in [0.25, 0.3) is 0 Å². The lowest BCUT2D eigenvalue weighted by atomic mass is 9.88. The molecule has 0 spiro atoms. The monoisotopic (exact) mass is 274 g/mol. The molecule has 2 saturated heterocycles. The zero-order valence-corrected chi connectivity index (χ0v) is 12.5. The third-order valence-electron chi connectivity index (χ3n) is 4.80. The normalized spacial score (nSPS) is 27.6. The fourth-order valence-electron chi connectivity index (χ4n) is 3.66. The fraction of sp³-hybridized carbons (Fsp3) is 0.647. The van der Waals surface area contributed by atoms with E-state index >= 15 is 0 Å². The molecule has 2 heterocycles. The van der Waals surface area contributed by atoms with Gasteiger partial charge in [-0.25, -0.2) is 0 Å². The van der Waals surface area contributed by atoms with E-state index in [1.54, 1.807) is 7.11 Å². The second-order valence-corrected chi connectivity index (χ2v) is 6.16. The average Bonchev–Trinajstić information content (AvgIpc) is 2.96. The fourth-order valence-corrected chi connectivity index (χ4v) is 3.66. The van der Waals surface area contributed by atoms with Gasteiger partial charge in [-0.15, -0.1) is 0 Å². The number of rotatable bonds is 4. The highest BCUT2D eigenvalue weighted by Gasteiger charge is 2.30. The van der Waals surface area contributed by atoms with Crippen molar-refractivity contribution >= 4 is 0 Å². The van der Waals surface area contributed by atoms with Crippen LogP contribution in [0.25, 0.3) is 0 Å². The van der Waals surface area contributed by atoms with Crippen molar-refractivity contribution in [3.63, 3.8) is 0 Å². The van der Waals surface area contributed by atoms with Gasteiger partial charge in [0.05, 0.1) is 7.11 Å². The van der Waals surface area contributed by atoms with E-state index in [2.05, 4.69) is 28.4 Å². The maximum Gasteiger partial charge on any atom is 0.119 e. The molecule has 110 valence electrons. The lowest BCUT2D eigenvalue weighted by Gasteiger charge is -2.31. The summed E-state index contributed by atoms with van der Waals surface area (Å²) in [5.41, 5.74) is 1.43. The van der Waals surface area contributed by atoms with Crippen molar-refractivity contribution in [2.75, 3.05) is 39.8 Å². The van der Waals surface area contributed by atoms with Gasteiger partial charge in [-0.2, -0.15) is 0 Å². The number of methoxy groups -OCH3 is 1. The van der Waals surface area contributed by atoms with Crippen molar-refractivity contribution in [3.05, 3.63) is 29.8 Å². The highest BCUT2D eigenvalue weighted by atomic mass is 16.5. The predicted octanol–water partition coefficient (Wildman–Crippen LogP) is 2.48. The Labute approximate surface area is 122 Å². The maximum atomic E-state index is 5.37. The zero-order chi connectivity index (χ0) is 13.8. The summed E-state index contributed by atoms with van der Waals surface area (Å²) in [7, 11) is 1.75. The Bertz CT molecular complexity index is 429. The number of nitrogens with zero attached hydrogens (tertiary/aromatic N) is 1. The quantitative estimate of drug-likeness (QED) is 0.913. The summed E-state index contributed by atoms with van der Waals surface area (Å²) < 4.78 is 5.37. The van der Waals surface area contributed by atoms with Gasteiger partial charge in [0.15, 0.2) is 0 Å². The molecule has 0 aliphatic carbocycles. The minimum absolute atomic E-state index is 0.632. The average molecular weight is 274 g/mol. The summed E-state index contributed by atoms with van der Waals surface area (Å²) >= 11 is 0. The molecule has 1 aromatic rings. The van der Waals surface area contributed by atoms with Gasteiger partial charge >= 0.3 is 0 Å². The summed E-state index contributed by atoms with van der Waals surface area (Å²) in [6.07, 6.45) is 4.17. The van der Waals surface area contributed by atoms with E-state index in [0.29, 0.717) is 5.92 Å². The van der Waals surface area contributed by atoms with Gasteiger partial charge in [0.1, 0.15) is 5.75 Å². The lowest BCUT2D eigenvalue weighted by molar-refractivity contribution is 0.194. The Balaban J connectivity index is 1.67. The summed E-state index contributed by atoms with van der Waals surface area (Å²) in [5, 5.41) is 3.58. The summed E-state index contributed by atoms with van der Waals surface area (Å²) in [6, 6.07) is 8.61. The van der Waals surface area contributed by atoms with Crippen LogP contribution in [0, 0.1) is 5.92 Å². The first-order valence-corrected chi connectivity index (χ1v) is 7.94. The van der Waals surface area contributed by atoms with E-state index in [4.69, 9.17) is 4.74 Å². The first-order valence-electron chi connectivity index (χ1n) is 7.94. The van der Waals surface area contributed by atoms with Crippen LogP contribution in [0.3, 0.4) is 0 Å². The predicted molar refractivity (Wildman–Crippen MR) is 82.4 cm³/mol. The van der Waals surface area contributed by atoms with Crippen molar-refractivity contribution in [2.45, 2.75) is 25.2 Å². The van der Waals surface area contributed by atoms with Gasteiger partial charge in [-0.1, -0.05) is 18.6 Å².